The lowest BCUT2D eigenvalue weighted by Crippen LogP contribution is -1.83. The van der Waals surface area contributed by atoms with E-state index in [2.05, 4.69) is 12.1 Å². The summed E-state index contributed by atoms with van der Waals surface area (Å²) in [5.74, 6) is 0. The van der Waals surface area contributed by atoms with Gasteiger partial charge in [0.25, 0.3) is 0 Å². The fourth-order valence-corrected chi connectivity index (χ4v) is 1.31. The lowest BCUT2D eigenvalue weighted by Gasteiger charge is -2.00. The standard InChI is InChI=1S/C12H11N.2ClH/c13-12-8-6-11(7-9-12)10-4-2-1-3-5-10;;/h1-9H,13H2;2*1H. The molecule has 0 saturated carbocycles. The van der Waals surface area contributed by atoms with E-state index in [-0.39, 0.29) is 24.8 Å². The molecule has 0 aliphatic carbocycles. The molecule has 0 aliphatic heterocycles. The zero-order valence-corrected chi connectivity index (χ0v) is 9.72. The molecule has 0 saturated heterocycles. The lowest BCUT2D eigenvalue weighted by molar-refractivity contribution is 1.61. The molecule has 2 rings (SSSR count). The molecule has 0 bridgehead atoms. The quantitative estimate of drug-likeness (QED) is 0.756. The van der Waals surface area contributed by atoms with Crippen molar-refractivity contribution in [2.45, 2.75) is 0 Å². The van der Waals surface area contributed by atoms with E-state index in [9.17, 15) is 0 Å². The highest BCUT2D eigenvalue weighted by Gasteiger charge is 1.94. The van der Waals surface area contributed by atoms with Crippen molar-refractivity contribution >= 4 is 30.5 Å². The maximum atomic E-state index is 5.60. The third-order valence-corrected chi connectivity index (χ3v) is 2.02. The molecule has 80 valence electrons. The highest BCUT2D eigenvalue weighted by molar-refractivity contribution is 5.85. The van der Waals surface area contributed by atoms with Crippen molar-refractivity contribution in [1.29, 1.82) is 0 Å². The molecule has 0 unspecified atom stereocenters. The van der Waals surface area contributed by atoms with Gasteiger partial charge in [-0.15, -0.1) is 24.8 Å². The van der Waals surface area contributed by atoms with Crippen molar-refractivity contribution < 1.29 is 0 Å². The van der Waals surface area contributed by atoms with Crippen LogP contribution >= 0.6 is 24.8 Å². The van der Waals surface area contributed by atoms with Crippen LogP contribution in [0, 0.1) is 0 Å². The van der Waals surface area contributed by atoms with E-state index in [1.165, 1.54) is 11.1 Å². The van der Waals surface area contributed by atoms with Crippen molar-refractivity contribution in [2.24, 2.45) is 0 Å². The first-order chi connectivity index (χ1) is 6.36. The maximum Gasteiger partial charge on any atom is 0.0314 e. The Bertz CT molecular complexity index is 384. The SMILES string of the molecule is Cl.Cl.Nc1ccc(-c2ccccc2)cc1. The van der Waals surface area contributed by atoms with Crippen LogP contribution in [0.4, 0.5) is 5.69 Å². The molecule has 0 aliphatic rings. The Labute approximate surface area is 102 Å². The maximum absolute atomic E-state index is 5.60. The van der Waals surface area contributed by atoms with Gasteiger partial charge >= 0.3 is 0 Å². The number of nitrogen functional groups attached to an aromatic ring is 1. The van der Waals surface area contributed by atoms with Crippen LogP contribution in [0.5, 0.6) is 0 Å². The minimum atomic E-state index is 0. The van der Waals surface area contributed by atoms with Crippen molar-refractivity contribution in [2.75, 3.05) is 5.73 Å². The summed E-state index contributed by atoms with van der Waals surface area (Å²) in [6, 6.07) is 18.2. The number of nitrogens with two attached hydrogens (primary N) is 1. The molecule has 0 fully saturated rings. The molecule has 0 heterocycles. The smallest absolute Gasteiger partial charge is 0.0314 e. The number of hydrogen-bond acceptors (Lipinski definition) is 1. The first kappa shape index (κ1) is 13.8. The van der Waals surface area contributed by atoms with E-state index in [0.29, 0.717) is 0 Å². The number of hydrogen-bond donors (Lipinski definition) is 1. The summed E-state index contributed by atoms with van der Waals surface area (Å²) >= 11 is 0. The van der Waals surface area contributed by atoms with Crippen molar-refractivity contribution in [3.8, 4) is 11.1 Å². The second-order valence-electron chi connectivity index (χ2n) is 2.99. The van der Waals surface area contributed by atoms with Crippen LogP contribution in [0.25, 0.3) is 11.1 Å². The van der Waals surface area contributed by atoms with Crippen molar-refractivity contribution in [3.63, 3.8) is 0 Å². The second kappa shape index (κ2) is 6.33. The Morgan fingerprint density at radius 1 is 0.600 bits per heavy atom. The summed E-state index contributed by atoms with van der Waals surface area (Å²) in [4.78, 5) is 0. The van der Waals surface area contributed by atoms with Gasteiger partial charge in [0.05, 0.1) is 0 Å². The van der Waals surface area contributed by atoms with Gasteiger partial charge in [0.2, 0.25) is 0 Å². The molecule has 0 radical (unpaired) electrons. The van der Waals surface area contributed by atoms with E-state index in [4.69, 9.17) is 5.73 Å². The van der Waals surface area contributed by atoms with Crippen molar-refractivity contribution in [3.05, 3.63) is 54.6 Å². The Kier molecular flexibility index (Phi) is 5.83. The average molecular weight is 242 g/mol. The summed E-state index contributed by atoms with van der Waals surface area (Å²) in [5, 5.41) is 0. The number of anilines is 1. The van der Waals surface area contributed by atoms with Crippen LogP contribution in [-0.2, 0) is 0 Å². The van der Waals surface area contributed by atoms with Crippen LogP contribution in [0.2, 0.25) is 0 Å². The summed E-state index contributed by atoms with van der Waals surface area (Å²) < 4.78 is 0. The molecule has 2 N–H and O–H groups in total. The average Bonchev–Trinajstić information content (AvgIpc) is 2.20. The van der Waals surface area contributed by atoms with Gasteiger partial charge in [-0.25, -0.2) is 0 Å². The van der Waals surface area contributed by atoms with Crippen LogP contribution in [0.15, 0.2) is 54.6 Å². The van der Waals surface area contributed by atoms with E-state index in [1.807, 2.05) is 42.5 Å². The highest BCUT2D eigenvalue weighted by atomic mass is 35.5. The number of rotatable bonds is 1. The first-order valence-corrected chi connectivity index (χ1v) is 4.27. The van der Waals surface area contributed by atoms with Gasteiger partial charge in [-0.1, -0.05) is 42.5 Å². The summed E-state index contributed by atoms with van der Waals surface area (Å²) in [7, 11) is 0. The molecule has 2 aromatic rings. The predicted octanol–water partition coefficient (Wildman–Crippen LogP) is 3.78. The van der Waals surface area contributed by atoms with Crippen molar-refractivity contribution in [1.82, 2.24) is 0 Å². The van der Waals surface area contributed by atoms with Gasteiger partial charge < -0.3 is 5.73 Å². The normalized spacial score (nSPS) is 8.53. The monoisotopic (exact) mass is 241 g/mol. The molecule has 15 heavy (non-hydrogen) atoms. The summed E-state index contributed by atoms with van der Waals surface area (Å²) in [6.45, 7) is 0. The Balaban J connectivity index is 0.000000980. The van der Waals surface area contributed by atoms with Gasteiger partial charge in [-0.3, -0.25) is 0 Å². The molecule has 2 aromatic carbocycles. The van der Waals surface area contributed by atoms with Gasteiger partial charge in [-0.05, 0) is 23.3 Å². The molecule has 0 amide bonds. The van der Waals surface area contributed by atoms with Crippen LogP contribution in [0.3, 0.4) is 0 Å². The Morgan fingerprint density at radius 3 is 1.60 bits per heavy atom. The Hall–Kier alpha value is -1.18. The summed E-state index contributed by atoms with van der Waals surface area (Å²) in [5.41, 5.74) is 8.84. The fourth-order valence-electron chi connectivity index (χ4n) is 1.31. The van der Waals surface area contributed by atoms with Gasteiger partial charge in [0, 0.05) is 5.69 Å². The molecule has 0 spiro atoms. The second-order valence-corrected chi connectivity index (χ2v) is 2.99. The fraction of sp³-hybridized carbons (Fsp3) is 0. The predicted molar refractivity (Wildman–Crippen MR) is 70.8 cm³/mol. The zero-order valence-electron chi connectivity index (χ0n) is 8.09. The van der Waals surface area contributed by atoms with E-state index in [1.54, 1.807) is 0 Å². The van der Waals surface area contributed by atoms with Crippen LogP contribution in [0.1, 0.15) is 0 Å². The van der Waals surface area contributed by atoms with E-state index in [0.717, 1.165) is 5.69 Å². The minimum Gasteiger partial charge on any atom is -0.399 e. The minimum absolute atomic E-state index is 0. The molecule has 0 aromatic heterocycles. The summed E-state index contributed by atoms with van der Waals surface area (Å²) in [6.07, 6.45) is 0. The van der Waals surface area contributed by atoms with Crippen LogP contribution < -0.4 is 5.73 Å². The highest BCUT2D eigenvalue weighted by Crippen LogP contribution is 2.19. The molecule has 3 heteroatoms. The van der Waals surface area contributed by atoms with Gasteiger partial charge in [-0.2, -0.15) is 0 Å². The molecule has 0 atom stereocenters. The van der Waals surface area contributed by atoms with E-state index < -0.39 is 0 Å². The van der Waals surface area contributed by atoms with Gasteiger partial charge in [0.15, 0.2) is 0 Å². The zero-order chi connectivity index (χ0) is 9.10. The lowest BCUT2D eigenvalue weighted by atomic mass is 10.1. The molecule has 1 nitrogen and oxygen atoms in total. The Morgan fingerprint density at radius 2 is 1.07 bits per heavy atom. The molecular weight excluding hydrogens is 229 g/mol. The third kappa shape index (κ3) is 3.46. The van der Waals surface area contributed by atoms with E-state index >= 15 is 0 Å². The number of benzene rings is 2. The van der Waals surface area contributed by atoms with Gasteiger partial charge in [0.1, 0.15) is 0 Å². The first-order valence-electron chi connectivity index (χ1n) is 4.27. The third-order valence-electron chi connectivity index (χ3n) is 2.02. The molecular formula is C12H13Cl2N. The topological polar surface area (TPSA) is 26.0 Å². The van der Waals surface area contributed by atoms with Crippen LogP contribution in [-0.4, -0.2) is 0 Å². The largest absolute Gasteiger partial charge is 0.399 e. The number of halogens is 2.